The summed E-state index contributed by atoms with van der Waals surface area (Å²) >= 11 is 0. The Labute approximate surface area is 93.8 Å². The van der Waals surface area contributed by atoms with Crippen LogP contribution in [0.25, 0.3) is 0 Å². The van der Waals surface area contributed by atoms with E-state index in [1.807, 2.05) is 6.92 Å². The molecule has 0 aromatic carbocycles. The van der Waals surface area contributed by atoms with E-state index in [0.717, 1.165) is 13.0 Å². The first kappa shape index (κ1) is 12.6. The number of aryl methyl sites for hydroxylation is 1. The molecule has 0 radical (unpaired) electrons. The molecule has 0 aliphatic carbocycles. The Morgan fingerprint density at radius 3 is 2.81 bits per heavy atom. The van der Waals surface area contributed by atoms with E-state index in [1.54, 1.807) is 18.5 Å². The zero-order chi connectivity index (χ0) is 12.2. The summed E-state index contributed by atoms with van der Waals surface area (Å²) in [5.41, 5.74) is -0.983. The van der Waals surface area contributed by atoms with Gasteiger partial charge < -0.3 is 5.11 Å². The van der Waals surface area contributed by atoms with Crippen LogP contribution in [-0.2, 0) is 17.9 Å². The highest BCUT2D eigenvalue weighted by Gasteiger charge is 2.26. The molecule has 0 spiro atoms. The Morgan fingerprint density at radius 2 is 2.25 bits per heavy atom. The van der Waals surface area contributed by atoms with Crippen molar-refractivity contribution in [3.05, 3.63) is 5.82 Å². The maximum atomic E-state index is 10.9. The van der Waals surface area contributed by atoms with Crippen LogP contribution in [0.2, 0.25) is 0 Å². The van der Waals surface area contributed by atoms with Crippen molar-refractivity contribution in [2.45, 2.75) is 45.8 Å². The average molecular weight is 227 g/mol. The Kier molecular flexibility index (Phi) is 3.94. The van der Waals surface area contributed by atoms with E-state index >= 15 is 0 Å². The second-order valence-corrected chi connectivity index (χ2v) is 4.10. The molecule has 7 nitrogen and oxygen atoms in total. The second-order valence-electron chi connectivity index (χ2n) is 4.10. The zero-order valence-corrected chi connectivity index (χ0v) is 9.77. The molecule has 0 bridgehead atoms. The van der Waals surface area contributed by atoms with Crippen molar-refractivity contribution >= 4 is 5.97 Å². The molecular formula is C9H17N5O2. The minimum atomic E-state index is -0.983. The fraction of sp³-hybridized carbons (Fsp3) is 0.778. The Balaban J connectivity index is 2.60. The first-order valence-electron chi connectivity index (χ1n) is 5.21. The van der Waals surface area contributed by atoms with Crippen molar-refractivity contribution in [2.24, 2.45) is 0 Å². The van der Waals surface area contributed by atoms with Gasteiger partial charge in [0.25, 0.3) is 0 Å². The predicted octanol–water partition coefficient (Wildman–Crippen LogP) is 0.0359. The Morgan fingerprint density at radius 1 is 1.56 bits per heavy atom. The summed E-state index contributed by atoms with van der Waals surface area (Å²) < 4.78 is 1.67. The number of nitrogens with one attached hydrogen (secondary N) is 1. The van der Waals surface area contributed by atoms with Gasteiger partial charge in [-0.2, -0.15) is 0 Å². The monoisotopic (exact) mass is 227 g/mol. The van der Waals surface area contributed by atoms with Crippen LogP contribution < -0.4 is 5.32 Å². The summed E-state index contributed by atoms with van der Waals surface area (Å²) in [6, 6.07) is 0. The van der Waals surface area contributed by atoms with Crippen LogP contribution >= 0.6 is 0 Å². The lowest BCUT2D eigenvalue weighted by molar-refractivity contribution is -0.143. The molecule has 16 heavy (non-hydrogen) atoms. The minimum Gasteiger partial charge on any atom is -0.480 e. The van der Waals surface area contributed by atoms with Gasteiger partial charge in [-0.3, -0.25) is 10.1 Å². The molecule has 90 valence electrons. The van der Waals surface area contributed by atoms with Gasteiger partial charge in [-0.05, 0) is 30.7 Å². The van der Waals surface area contributed by atoms with Gasteiger partial charge in [0, 0.05) is 6.54 Å². The number of tetrazole rings is 1. The summed E-state index contributed by atoms with van der Waals surface area (Å²) in [5.74, 6) is -0.252. The molecule has 1 aromatic heterocycles. The van der Waals surface area contributed by atoms with Gasteiger partial charge >= 0.3 is 5.97 Å². The van der Waals surface area contributed by atoms with Crippen molar-refractivity contribution in [3.8, 4) is 0 Å². The van der Waals surface area contributed by atoms with E-state index < -0.39 is 11.5 Å². The molecular weight excluding hydrogens is 210 g/mol. The normalized spacial score (nSPS) is 11.7. The molecule has 0 aliphatic rings. The molecule has 1 heterocycles. The predicted molar refractivity (Wildman–Crippen MR) is 56.7 cm³/mol. The van der Waals surface area contributed by atoms with Gasteiger partial charge in [0.15, 0.2) is 5.82 Å². The fourth-order valence-electron chi connectivity index (χ4n) is 1.11. The summed E-state index contributed by atoms with van der Waals surface area (Å²) in [4.78, 5) is 10.9. The first-order chi connectivity index (χ1) is 7.47. The summed E-state index contributed by atoms with van der Waals surface area (Å²) in [7, 11) is 0. The molecule has 0 amide bonds. The van der Waals surface area contributed by atoms with Crippen LogP contribution in [0.15, 0.2) is 0 Å². The number of carbonyl (C=O) groups is 1. The molecule has 0 aliphatic heterocycles. The number of nitrogens with zero attached hydrogens (tertiary/aromatic N) is 4. The highest BCUT2D eigenvalue weighted by atomic mass is 16.4. The van der Waals surface area contributed by atoms with E-state index in [1.165, 1.54) is 0 Å². The van der Waals surface area contributed by atoms with E-state index in [0.29, 0.717) is 12.4 Å². The Hall–Kier alpha value is -1.50. The van der Waals surface area contributed by atoms with Crippen LogP contribution in [0.4, 0.5) is 0 Å². The number of hydrogen-bond donors (Lipinski definition) is 2. The van der Waals surface area contributed by atoms with Crippen LogP contribution in [0, 0.1) is 0 Å². The third kappa shape index (κ3) is 2.99. The zero-order valence-electron chi connectivity index (χ0n) is 9.77. The van der Waals surface area contributed by atoms with Crippen molar-refractivity contribution in [2.75, 3.05) is 0 Å². The number of carboxylic acids is 1. The first-order valence-corrected chi connectivity index (χ1v) is 5.21. The maximum Gasteiger partial charge on any atom is 0.323 e. The molecule has 0 saturated heterocycles. The molecule has 0 saturated carbocycles. The molecule has 0 fully saturated rings. The number of carboxylic acid groups (broad SMARTS) is 1. The number of aromatic nitrogens is 4. The van der Waals surface area contributed by atoms with Crippen molar-refractivity contribution in [1.29, 1.82) is 0 Å². The van der Waals surface area contributed by atoms with E-state index in [9.17, 15) is 4.79 Å². The van der Waals surface area contributed by atoms with Crippen LogP contribution in [-0.4, -0.2) is 36.8 Å². The van der Waals surface area contributed by atoms with E-state index in [-0.39, 0.29) is 0 Å². The van der Waals surface area contributed by atoms with Gasteiger partial charge in [-0.15, -0.1) is 5.10 Å². The Bertz CT molecular complexity index is 361. The van der Waals surface area contributed by atoms with Gasteiger partial charge in [0.2, 0.25) is 0 Å². The molecule has 2 N–H and O–H groups in total. The van der Waals surface area contributed by atoms with Crippen LogP contribution in [0.5, 0.6) is 0 Å². The third-order valence-corrected chi connectivity index (χ3v) is 2.26. The molecule has 1 aromatic rings. The minimum absolute atomic E-state index is 0.340. The maximum absolute atomic E-state index is 10.9. The molecule has 0 atom stereocenters. The fourth-order valence-corrected chi connectivity index (χ4v) is 1.11. The second kappa shape index (κ2) is 5.02. The van der Waals surface area contributed by atoms with E-state index in [2.05, 4.69) is 20.8 Å². The smallest absolute Gasteiger partial charge is 0.323 e. The topological polar surface area (TPSA) is 92.9 Å². The summed E-state index contributed by atoms with van der Waals surface area (Å²) in [6.07, 6.45) is 0.931. The van der Waals surface area contributed by atoms with Crippen LogP contribution in [0.1, 0.15) is 33.0 Å². The lowest BCUT2D eigenvalue weighted by Gasteiger charge is -2.20. The highest BCUT2D eigenvalue weighted by Crippen LogP contribution is 2.03. The number of rotatable bonds is 6. The molecule has 1 rings (SSSR count). The summed E-state index contributed by atoms with van der Waals surface area (Å²) in [5, 5.41) is 23.0. The van der Waals surface area contributed by atoms with Crippen molar-refractivity contribution < 1.29 is 9.90 Å². The third-order valence-electron chi connectivity index (χ3n) is 2.26. The standard InChI is InChI=1S/C9H17N5O2/c1-4-5-14-7(11-12-13-14)6-10-9(2,3)8(15)16/h10H,4-6H2,1-3H3,(H,15,16). The van der Waals surface area contributed by atoms with Gasteiger partial charge in [0.05, 0.1) is 6.54 Å². The SMILES string of the molecule is CCCn1nnnc1CNC(C)(C)C(=O)O. The highest BCUT2D eigenvalue weighted by molar-refractivity contribution is 5.77. The van der Waals surface area contributed by atoms with Gasteiger partial charge in [-0.25, -0.2) is 4.68 Å². The number of hydrogen-bond acceptors (Lipinski definition) is 5. The van der Waals surface area contributed by atoms with E-state index in [4.69, 9.17) is 5.11 Å². The molecule has 7 heteroatoms. The average Bonchev–Trinajstić information content (AvgIpc) is 2.63. The van der Waals surface area contributed by atoms with Crippen molar-refractivity contribution in [3.63, 3.8) is 0 Å². The lowest BCUT2D eigenvalue weighted by Crippen LogP contribution is -2.46. The lowest BCUT2D eigenvalue weighted by atomic mass is 10.1. The van der Waals surface area contributed by atoms with Gasteiger partial charge in [-0.1, -0.05) is 6.92 Å². The summed E-state index contributed by atoms with van der Waals surface area (Å²) in [6.45, 7) is 6.30. The largest absolute Gasteiger partial charge is 0.480 e. The molecule has 0 unspecified atom stereocenters. The van der Waals surface area contributed by atoms with Crippen molar-refractivity contribution in [1.82, 2.24) is 25.5 Å². The number of aliphatic carboxylic acids is 1. The van der Waals surface area contributed by atoms with Crippen LogP contribution in [0.3, 0.4) is 0 Å². The van der Waals surface area contributed by atoms with Gasteiger partial charge in [0.1, 0.15) is 5.54 Å². The quantitative estimate of drug-likeness (QED) is 0.712.